The van der Waals surface area contributed by atoms with Gasteiger partial charge in [-0.3, -0.25) is 13.7 Å². The normalized spacial score (nSPS) is 13.0. The number of hydrogen-bond acceptors (Lipinski definition) is 11. The molecule has 0 unspecified atom stereocenters. The van der Waals surface area contributed by atoms with E-state index in [0.29, 0.717) is 10.8 Å². The summed E-state index contributed by atoms with van der Waals surface area (Å²) in [5.74, 6) is 0. The molecule has 0 fully saturated rings. The van der Waals surface area contributed by atoms with Crippen LogP contribution in [0.5, 0.6) is 0 Å². The monoisotopic (exact) mass is 641 g/mol. The maximum atomic E-state index is 11.9. The van der Waals surface area contributed by atoms with Crippen molar-refractivity contribution in [2.45, 2.75) is 14.7 Å². The van der Waals surface area contributed by atoms with Gasteiger partial charge < -0.3 is 5.73 Å². The van der Waals surface area contributed by atoms with E-state index in [1.54, 1.807) is 6.07 Å². The second kappa shape index (κ2) is 10.9. The van der Waals surface area contributed by atoms with E-state index in [4.69, 9.17) is 10.3 Å². The average Bonchev–Trinajstić information content (AvgIpc) is 2.94. The van der Waals surface area contributed by atoms with E-state index < -0.39 is 40.1 Å². The topological polar surface area (TPSA) is 239 Å². The maximum absolute atomic E-state index is 11.9. The summed E-state index contributed by atoms with van der Waals surface area (Å²) in [4.78, 5) is -1.16. The number of hydrogen-bond donors (Lipinski definition) is 4. The largest absolute Gasteiger partial charge is 0.398 e. The summed E-state index contributed by atoms with van der Waals surface area (Å²) in [7, 11) is -13.6. The van der Waals surface area contributed by atoms with Crippen molar-refractivity contribution in [3.63, 3.8) is 0 Å². The van der Waals surface area contributed by atoms with Crippen LogP contribution < -0.4 is 5.73 Å². The maximum Gasteiger partial charge on any atom is 0.295 e. The molecule has 5 N–H and O–H groups in total. The minimum Gasteiger partial charge on any atom is -0.398 e. The van der Waals surface area contributed by atoms with Crippen LogP contribution in [0.4, 0.5) is 28.4 Å². The average molecular weight is 642 g/mol. The lowest BCUT2D eigenvalue weighted by Gasteiger charge is -2.09. The zero-order valence-corrected chi connectivity index (χ0v) is 23.9. The van der Waals surface area contributed by atoms with Crippen LogP contribution in [0.1, 0.15) is 0 Å². The van der Waals surface area contributed by atoms with Crippen molar-refractivity contribution >= 4 is 80.3 Å². The van der Waals surface area contributed by atoms with Gasteiger partial charge in [0.1, 0.15) is 4.90 Å². The molecular weight excluding hydrogens is 623 g/mol. The van der Waals surface area contributed by atoms with Crippen molar-refractivity contribution in [3.8, 4) is 0 Å². The van der Waals surface area contributed by atoms with Gasteiger partial charge in [-0.1, -0.05) is 18.2 Å². The summed E-state index contributed by atoms with van der Waals surface area (Å²) >= 11 is 0. The van der Waals surface area contributed by atoms with Gasteiger partial charge >= 0.3 is 0 Å². The van der Waals surface area contributed by atoms with Crippen LogP contribution in [-0.2, 0) is 30.4 Å². The predicted octanol–water partition coefficient (Wildman–Crippen LogP) is 6.15. The molecule has 0 saturated heterocycles. The Hall–Kier alpha value is -4.65. The molecule has 0 aliphatic rings. The summed E-state index contributed by atoms with van der Waals surface area (Å²) < 4.78 is 98.4. The second-order valence-corrected chi connectivity index (χ2v) is 13.2. The lowest BCUT2D eigenvalue weighted by molar-refractivity contribution is 0.481. The highest BCUT2D eigenvalue weighted by molar-refractivity contribution is 7.86. The first-order valence-corrected chi connectivity index (χ1v) is 16.2. The van der Waals surface area contributed by atoms with Crippen LogP contribution in [0.2, 0.25) is 0 Å². The SMILES string of the molecule is Nc1ccc(/N=N/c2ccc(/N=N/c3ccc(S(=O)(=O)O)cc3)c3cc(S(=O)(=O)O)ccc23)c2cccc(S(=O)(=O)O)c12. The number of benzene rings is 5. The quantitative estimate of drug-likeness (QED) is 0.0898. The lowest BCUT2D eigenvalue weighted by atomic mass is 10.1. The number of rotatable bonds is 7. The van der Waals surface area contributed by atoms with Crippen LogP contribution >= 0.6 is 0 Å². The van der Waals surface area contributed by atoms with E-state index in [2.05, 4.69) is 20.5 Å². The second-order valence-electron chi connectivity index (χ2n) is 8.98. The minimum absolute atomic E-state index is 0.0597. The molecule has 5 rings (SSSR count). The Morgan fingerprint density at radius 3 is 1.65 bits per heavy atom. The van der Waals surface area contributed by atoms with E-state index in [9.17, 15) is 34.4 Å². The summed E-state index contributed by atoms with van der Waals surface area (Å²) in [5, 5.41) is 17.6. The van der Waals surface area contributed by atoms with Gasteiger partial charge in [0.2, 0.25) is 0 Å². The van der Waals surface area contributed by atoms with Gasteiger partial charge in [0.25, 0.3) is 30.4 Å². The third-order valence-corrected chi connectivity index (χ3v) is 8.82. The zero-order chi connectivity index (χ0) is 31.2. The van der Waals surface area contributed by atoms with Gasteiger partial charge in [0, 0.05) is 27.2 Å². The molecule has 0 radical (unpaired) electrons. The fourth-order valence-electron chi connectivity index (χ4n) is 4.22. The van der Waals surface area contributed by atoms with E-state index in [1.165, 1.54) is 54.6 Å². The summed E-state index contributed by atoms with van der Waals surface area (Å²) in [6.07, 6.45) is 0. The molecule has 17 heteroatoms. The molecule has 0 bridgehead atoms. The molecule has 0 spiro atoms. The van der Waals surface area contributed by atoms with Gasteiger partial charge in [-0.2, -0.15) is 30.4 Å². The molecule has 0 saturated carbocycles. The molecule has 0 atom stereocenters. The smallest absolute Gasteiger partial charge is 0.295 e. The molecule has 0 amide bonds. The first-order chi connectivity index (χ1) is 20.1. The van der Waals surface area contributed by atoms with Crippen molar-refractivity contribution in [3.05, 3.63) is 84.9 Å². The Labute approximate surface area is 244 Å². The molecule has 220 valence electrons. The van der Waals surface area contributed by atoms with Crippen molar-refractivity contribution in [2.75, 3.05) is 5.73 Å². The van der Waals surface area contributed by atoms with Gasteiger partial charge in [-0.15, -0.1) is 15.3 Å². The highest BCUT2D eigenvalue weighted by atomic mass is 32.2. The summed E-state index contributed by atoms with van der Waals surface area (Å²) in [6.45, 7) is 0. The Balaban J connectivity index is 1.62. The zero-order valence-electron chi connectivity index (χ0n) is 21.5. The molecule has 43 heavy (non-hydrogen) atoms. The molecule has 0 aliphatic heterocycles. The van der Waals surface area contributed by atoms with E-state index in [0.717, 1.165) is 24.3 Å². The molecular formula is C26H19N5O9S3. The van der Waals surface area contributed by atoms with E-state index in [-0.39, 0.29) is 44.1 Å². The van der Waals surface area contributed by atoms with Gasteiger partial charge in [-0.05, 0) is 66.7 Å². The Bertz CT molecular complexity index is 2320. The van der Waals surface area contributed by atoms with Gasteiger partial charge in [-0.25, -0.2) is 0 Å². The molecule has 0 heterocycles. The fraction of sp³-hybridized carbons (Fsp3) is 0. The first-order valence-electron chi connectivity index (χ1n) is 11.9. The van der Waals surface area contributed by atoms with Crippen molar-refractivity contribution in [1.29, 1.82) is 0 Å². The fourth-order valence-corrected chi connectivity index (χ4v) is 5.94. The van der Waals surface area contributed by atoms with E-state index in [1.807, 2.05) is 0 Å². The third kappa shape index (κ3) is 6.26. The standard InChI is InChI=1S/C26H19N5O9S3/c27-21-10-11-23(19-2-1-3-25(26(19)21)43(38,39)40)31-30-22-12-13-24(20-14-17(42(35,36)37)8-9-18(20)22)29-28-15-4-6-16(7-5-15)41(32,33)34/h1-14H,27H2,(H,32,33,34)(H,35,36,37)(H,38,39,40)/b29-28+,31-30+. The van der Waals surface area contributed by atoms with Gasteiger partial charge in [0.05, 0.1) is 32.5 Å². The van der Waals surface area contributed by atoms with Gasteiger partial charge in [0.15, 0.2) is 0 Å². The van der Waals surface area contributed by atoms with Crippen LogP contribution in [0, 0.1) is 0 Å². The minimum atomic E-state index is -4.60. The molecule has 5 aromatic rings. The Kier molecular flexibility index (Phi) is 7.55. The molecule has 14 nitrogen and oxygen atoms in total. The van der Waals surface area contributed by atoms with E-state index >= 15 is 0 Å². The first kappa shape index (κ1) is 29.8. The van der Waals surface area contributed by atoms with Crippen LogP contribution in [-0.4, -0.2) is 38.9 Å². The number of nitrogens with zero attached hydrogens (tertiary/aromatic N) is 4. The highest BCUT2D eigenvalue weighted by Gasteiger charge is 2.18. The predicted molar refractivity (Wildman–Crippen MR) is 157 cm³/mol. The molecule has 0 aliphatic carbocycles. The number of nitrogen functional groups attached to an aromatic ring is 1. The number of nitrogens with two attached hydrogens (primary N) is 1. The molecule has 5 aromatic carbocycles. The number of fused-ring (bicyclic) bond motifs is 2. The third-order valence-electron chi connectivity index (χ3n) is 6.20. The number of azo groups is 2. The van der Waals surface area contributed by atoms with Crippen LogP contribution in [0.3, 0.4) is 0 Å². The highest BCUT2D eigenvalue weighted by Crippen LogP contribution is 2.39. The Morgan fingerprint density at radius 1 is 0.512 bits per heavy atom. The van der Waals surface area contributed by atoms with Crippen molar-refractivity contribution < 1.29 is 38.9 Å². The lowest BCUT2D eigenvalue weighted by Crippen LogP contribution is -2.01. The van der Waals surface area contributed by atoms with Crippen molar-refractivity contribution in [2.24, 2.45) is 20.5 Å². The van der Waals surface area contributed by atoms with Crippen LogP contribution in [0.15, 0.2) is 120 Å². The number of anilines is 1. The Morgan fingerprint density at radius 2 is 1.05 bits per heavy atom. The molecule has 0 aromatic heterocycles. The van der Waals surface area contributed by atoms with Crippen LogP contribution in [0.25, 0.3) is 21.5 Å². The van der Waals surface area contributed by atoms with Crippen molar-refractivity contribution in [1.82, 2.24) is 0 Å². The summed E-state index contributed by atoms with van der Waals surface area (Å²) in [6, 6.07) is 18.6. The summed E-state index contributed by atoms with van der Waals surface area (Å²) in [5.41, 5.74) is 6.92.